The molecule has 4 atom stereocenters. The Morgan fingerprint density at radius 2 is 1.59 bits per heavy atom. The zero-order chi connectivity index (χ0) is 13.2. The molecule has 2 N–H and O–H groups in total. The van der Waals surface area contributed by atoms with E-state index in [0.717, 1.165) is 0 Å². The Morgan fingerprint density at radius 3 is 1.82 bits per heavy atom. The van der Waals surface area contributed by atoms with E-state index in [-0.39, 0.29) is 0 Å². The van der Waals surface area contributed by atoms with Crippen molar-refractivity contribution in [3.8, 4) is 0 Å². The second-order valence-corrected chi connectivity index (χ2v) is 4.83. The van der Waals surface area contributed by atoms with E-state index in [1.54, 1.807) is 0 Å². The van der Waals surface area contributed by atoms with Gasteiger partial charge >= 0.3 is 12.4 Å². The number of hydrogen-bond acceptors (Lipinski definition) is 2. The maximum absolute atomic E-state index is 12.7. The third-order valence-electron chi connectivity index (χ3n) is 3.48. The van der Waals surface area contributed by atoms with E-state index in [9.17, 15) is 31.4 Å². The number of hydrogen-bond donors (Lipinski definition) is 2. The molecule has 100 valence electrons. The molecule has 1 saturated heterocycles. The molecule has 0 radical (unpaired) electrons. The molecule has 0 spiro atoms. The van der Waals surface area contributed by atoms with E-state index in [1.165, 1.54) is 5.32 Å². The van der Waals surface area contributed by atoms with Gasteiger partial charge in [0.15, 0.2) is 0 Å². The summed E-state index contributed by atoms with van der Waals surface area (Å²) in [4.78, 5) is 0. The summed E-state index contributed by atoms with van der Waals surface area (Å²) < 4.78 is 76.5. The van der Waals surface area contributed by atoms with Crippen LogP contribution in [-0.4, -0.2) is 40.5 Å². The van der Waals surface area contributed by atoms with Crippen LogP contribution < -0.4 is 5.32 Å². The van der Waals surface area contributed by atoms with Gasteiger partial charge in [-0.05, 0) is 6.42 Å². The molecule has 0 amide bonds. The first-order chi connectivity index (χ1) is 7.52. The topological polar surface area (TPSA) is 32.3 Å². The monoisotopic (exact) mass is 283 g/mol. The predicted octanol–water partition coefficient (Wildman–Crippen LogP) is 1.81. The van der Waals surface area contributed by atoms with Crippen molar-refractivity contribution >= 4 is 11.6 Å². The van der Waals surface area contributed by atoms with Crippen molar-refractivity contribution in [3.05, 3.63) is 0 Å². The van der Waals surface area contributed by atoms with Crippen molar-refractivity contribution in [1.29, 1.82) is 0 Å². The molecule has 1 aliphatic carbocycles. The van der Waals surface area contributed by atoms with E-state index in [0.29, 0.717) is 0 Å². The molecule has 1 aliphatic heterocycles. The van der Waals surface area contributed by atoms with Crippen LogP contribution in [0.25, 0.3) is 0 Å². The summed E-state index contributed by atoms with van der Waals surface area (Å²) in [5, 5.41) is 9.34. The maximum atomic E-state index is 12.7. The number of halogens is 7. The van der Waals surface area contributed by atoms with Gasteiger partial charge in [0, 0.05) is 5.92 Å². The average molecular weight is 284 g/mol. The third kappa shape index (κ3) is 1.50. The zero-order valence-corrected chi connectivity index (χ0v) is 8.87. The van der Waals surface area contributed by atoms with Crippen LogP contribution in [0.15, 0.2) is 0 Å². The minimum Gasteiger partial charge on any atom is -0.391 e. The SMILES string of the molecule is O[C@@H]1C[C@@H]2[C@@H](Cl)[C@H]1NC2(C(F)(F)F)C(F)(F)F. The number of piperidine rings is 1. The Balaban J connectivity index is 2.48. The molecule has 2 fully saturated rings. The first-order valence-electron chi connectivity index (χ1n) is 4.75. The first kappa shape index (κ1) is 13.2. The molecule has 2 aliphatic rings. The smallest absolute Gasteiger partial charge is 0.391 e. The van der Waals surface area contributed by atoms with Gasteiger partial charge in [0.2, 0.25) is 5.54 Å². The lowest BCUT2D eigenvalue weighted by molar-refractivity contribution is -0.320. The summed E-state index contributed by atoms with van der Waals surface area (Å²) in [6, 6.07) is -1.38. The summed E-state index contributed by atoms with van der Waals surface area (Å²) in [7, 11) is 0. The van der Waals surface area contributed by atoms with Gasteiger partial charge in [-0.25, -0.2) is 0 Å². The van der Waals surface area contributed by atoms with E-state index < -0.39 is 47.8 Å². The molecule has 9 heteroatoms. The Labute approximate surface area is 96.9 Å². The van der Waals surface area contributed by atoms with Crippen molar-refractivity contribution in [2.45, 2.75) is 41.8 Å². The molecule has 0 aromatic carbocycles. The molecule has 17 heavy (non-hydrogen) atoms. The van der Waals surface area contributed by atoms with Crippen molar-refractivity contribution in [1.82, 2.24) is 5.32 Å². The lowest BCUT2D eigenvalue weighted by atomic mass is 9.82. The van der Waals surface area contributed by atoms with Gasteiger partial charge in [0.05, 0.1) is 17.5 Å². The fraction of sp³-hybridized carbons (Fsp3) is 1.00. The van der Waals surface area contributed by atoms with Gasteiger partial charge < -0.3 is 5.11 Å². The summed E-state index contributed by atoms with van der Waals surface area (Å²) in [5.74, 6) is -1.90. The van der Waals surface area contributed by atoms with Crippen LogP contribution in [0.4, 0.5) is 26.3 Å². The third-order valence-corrected chi connectivity index (χ3v) is 4.06. The summed E-state index contributed by atoms with van der Waals surface area (Å²) in [6.07, 6.45) is -12.9. The Bertz CT molecular complexity index is 315. The number of alkyl halides is 7. The van der Waals surface area contributed by atoms with Crippen LogP contribution in [0.3, 0.4) is 0 Å². The standard InChI is InChI=1S/C8H8ClF6NO/c9-4-2-1-3(17)5(4)16-6(2,7(10,11)12)8(13,14)15/h2-5,16-17H,1H2/t2-,3-,4-,5+/m1/s1. The number of fused-ring (bicyclic) bond motifs is 2. The van der Waals surface area contributed by atoms with Crippen LogP contribution in [0.2, 0.25) is 0 Å². The van der Waals surface area contributed by atoms with Crippen LogP contribution in [0.1, 0.15) is 6.42 Å². The molecule has 0 aromatic rings. The average Bonchev–Trinajstić information content (AvgIpc) is 2.53. The van der Waals surface area contributed by atoms with Crippen LogP contribution in [0.5, 0.6) is 0 Å². The number of aliphatic hydroxyl groups is 1. The van der Waals surface area contributed by atoms with Crippen molar-refractivity contribution < 1.29 is 31.4 Å². The van der Waals surface area contributed by atoms with Gasteiger partial charge in [0.1, 0.15) is 0 Å². The minimum atomic E-state index is -5.50. The summed E-state index contributed by atoms with van der Waals surface area (Å²) >= 11 is 5.54. The molecular weight excluding hydrogens is 276 g/mol. The highest BCUT2D eigenvalue weighted by Crippen LogP contribution is 2.58. The largest absolute Gasteiger partial charge is 0.415 e. The Kier molecular flexibility index (Phi) is 2.66. The van der Waals surface area contributed by atoms with Crippen molar-refractivity contribution in [3.63, 3.8) is 0 Å². The van der Waals surface area contributed by atoms with E-state index >= 15 is 0 Å². The molecule has 2 bridgehead atoms. The number of nitrogens with one attached hydrogen (secondary N) is 1. The van der Waals surface area contributed by atoms with Crippen molar-refractivity contribution in [2.75, 3.05) is 0 Å². The number of rotatable bonds is 0. The lowest BCUT2D eigenvalue weighted by Crippen LogP contribution is -2.70. The van der Waals surface area contributed by atoms with Gasteiger partial charge in [0.25, 0.3) is 0 Å². The van der Waals surface area contributed by atoms with Crippen LogP contribution in [-0.2, 0) is 0 Å². The van der Waals surface area contributed by atoms with E-state index in [2.05, 4.69) is 0 Å². The molecule has 2 nitrogen and oxygen atoms in total. The van der Waals surface area contributed by atoms with Gasteiger partial charge in [-0.1, -0.05) is 0 Å². The van der Waals surface area contributed by atoms with Crippen molar-refractivity contribution in [2.24, 2.45) is 5.92 Å². The Hall–Kier alpha value is -0.210. The van der Waals surface area contributed by atoms with E-state index in [1.807, 2.05) is 0 Å². The second-order valence-electron chi connectivity index (χ2n) is 4.33. The Morgan fingerprint density at radius 1 is 1.12 bits per heavy atom. The fourth-order valence-corrected chi connectivity index (χ4v) is 3.23. The molecule has 0 unspecified atom stereocenters. The van der Waals surface area contributed by atoms with Gasteiger partial charge in [-0.2, -0.15) is 26.3 Å². The van der Waals surface area contributed by atoms with Crippen LogP contribution >= 0.6 is 11.6 Å². The van der Waals surface area contributed by atoms with Crippen LogP contribution in [0, 0.1) is 5.92 Å². The molecule has 2 rings (SSSR count). The normalized spacial score (nSPS) is 40.9. The molecule has 0 aromatic heterocycles. The number of aliphatic hydroxyl groups excluding tert-OH is 1. The minimum absolute atomic E-state index is 0.606. The highest BCUT2D eigenvalue weighted by molar-refractivity contribution is 6.22. The zero-order valence-electron chi connectivity index (χ0n) is 8.11. The summed E-state index contributed by atoms with van der Waals surface area (Å²) in [5.41, 5.74) is -4.00. The summed E-state index contributed by atoms with van der Waals surface area (Å²) in [6.45, 7) is 0. The highest BCUT2D eigenvalue weighted by Gasteiger charge is 2.81. The second kappa shape index (κ2) is 3.42. The molecule has 1 heterocycles. The molecular formula is C8H8ClF6NO. The quantitative estimate of drug-likeness (QED) is 0.525. The van der Waals surface area contributed by atoms with E-state index in [4.69, 9.17) is 11.6 Å². The fourth-order valence-electron chi connectivity index (χ4n) is 2.71. The van der Waals surface area contributed by atoms with Gasteiger partial charge in [-0.15, -0.1) is 11.6 Å². The maximum Gasteiger partial charge on any atom is 0.415 e. The predicted molar refractivity (Wildman–Crippen MR) is 45.5 cm³/mol. The lowest BCUT2D eigenvalue weighted by Gasteiger charge is -2.41. The first-order valence-corrected chi connectivity index (χ1v) is 5.19. The molecule has 1 saturated carbocycles. The highest BCUT2D eigenvalue weighted by atomic mass is 35.5. The van der Waals surface area contributed by atoms with Gasteiger partial charge in [-0.3, -0.25) is 5.32 Å².